The van der Waals surface area contributed by atoms with Gasteiger partial charge in [-0.15, -0.1) is 0 Å². The number of aliphatic hydroxyl groups excluding tert-OH is 2. The number of likely N-dealkylation sites (N-methyl/N-ethyl adjacent to an activating group) is 1. The molecule has 0 radical (unpaired) electrons. The third-order valence-electron chi connectivity index (χ3n) is 5.65. The third kappa shape index (κ3) is 5.97. The van der Waals surface area contributed by atoms with E-state index >= 15 is 0 Å². The van der Waals surface area contributed by atoms with Crippen LogP contribution >= 0.6 is 0 Å². The number of carbonyl (C=O) groups excluding carboxylic acids is 1. The third-order valence-corrected chi connectivity index (χ3v) is 5.65. The number of carbonyl (C=O) groups is 1. The van der Waals surface area contributed by atoms with Crippen LogP contribution in [0.25, 0.3) is 11.2 Å². The number of nitrogens with two attached hydrogens (primary N) is 1. The van der Waals surface area contributed by atoms with Gasteiger partial charge in [-0.25, -0.2) is 15.0 Å². The van der Waals surface area contributed by atoms with Crippen molar-refractivity contribution in [2.75, 3.05) is 18.9 Å². The number of nitrogen functional groups attached to an aromatic ring is 1. The normalized spacial score (nSPS) is 21.8. The van der Waals surface area contributed by atoms with Crippen molar-refractivity contribution in [2.24, 2.45) is 5.41 Å². The molecule has 1 aliphatic rings. The number of amides is 1. The number of fused-ring (bicyclic) bond motifs is 1. The highest BCUT2D eigenvalue weighted by Crippen LogP contribution is 2.40. The molecule has 2 aromatic heterocycles. The van der Waals surface area contributed by atoms with Crippen LogP contribution in [0.4, 0.5) is 5.82 Å². The van der Waals surface area contributed by atoms with Gasteiger partial charge in [0.05, 0.1) is 12.9 Å². The van der Waals surface area contributed by atoms with E-state index in [2.05, 4.69) is 46.0 Å². The maximum Gasteiger partial charge on any atom is 0.252 e. The topological polar surface area (TPSA) is 169 Å². The largest absolute Gasteiger partial charge is 0.394 e. The van der Waals surface area contributed by atoms with E-state index in [9.17, 15) is 20.1 Å². The van der Waals surface area contributed by atoms with Crippen LogP contribution in [0.1, 0.15) is 52.3 Å². The molecule has 0 bridgehead atoms. The lowest BCUT2D eigenvalue weighted by Gasteiger charge is -2.38. The Kier molecular flexibility index (Phi) is 7.54. The van der Waals surface area contributed by atoms with Crippen LogP contribution in [0.3, 0.4) is 0 Å². The van der Waals surface area contributed by atoms with Crippen molar-refractivity contribution in [1.82, 2.24) is 24.8 Å². The SMILES string of the molecule is CCNC(=O)[C@@H](OCn1cnc2c(N)nc(C#C[C@]3(O)CCCC(C)(C)C3)nc21)C(O)CO. The monoisotopic (exact) mass is 460 g/mol. The second-order valence-corrected chi connectivity index (χ2v) is 9.16. The highest BCUT2D eigenvalue weighted by atomic mass is 16.5. The molecule has 180 valence electrons. The van der Waals surface area contributed by atoms with Crippen LogP contribution in [0.2, 0.25) is 0 Å². The quantitative estimate of drug-likeness (QED) is 0.355. The van der Waals surface area contributed by atoms with Gasteiger partial charge in [-0.3, -0.25) is 9.36 Å². The zero-order valence-corrected chi connectivity index (χ0v) is 19.2. The Bertz CT molecular complexity index is 1060. The molecule has 3 atom stereocenters. The summed E-state index contributed by atoms with van der Waals surface area (Å²) < 4.78 is 7.05. The molecule has 1 aliphatic carbocycles. The molecule has 33 heavy (non-hydrogen) atoms. The Labute approximate surface area is 192 Å². The van der Waals surface area contributed by atoms with E-state index in [0.29, 0.717) is 30.6 Å². The van der Waals surface area contributed by atoms with Crippen molar-refractivity contribution in [1.29, 1.82) is 0 Å². The minimum absolute atomic E-state index is 0.00121. The maximum absolute atomic E-state index is 12.2. The molecule has 1 saturated carbocycles. The summed E-state index contributed by atoms with van der Waals surface area (Å²) in [6.07, 6.45) is 1.81. The first-order valence-electron chi connectivity index (χ1n) is 11.0. The predicted molar refractivity (Wildman–Crippen MR) is 120 cm³/mol. The zero-order valence-electron chi connectivity index (χ0n) is 19.2. The van der Waals surface area contributed by atoms with E-state index in [0.717, 1.165) is 12.8 Å². The fraction of sp³-hybridized carbons (Fsp3) is 0.636. The summed E-state index contributed by atoms with van der Waals surface area (Å²) in [6.45, 7) is 5.48. The van der Waals surface area contributed by atoms with E-state index in [-0.39, 0.29) is 23.8 Å². The van der Waals surface area contributed by atoms with Crippen LogP contribution in [0.15, 0.2) is 6.33 Å². The fourth-order valence-electron chi connectivity index (χ4n) is 4.12. The molecule has 1 amide bonds. The molecule has 2 heterocycles. The van der Waals surface area contributed by atoms with Crippen molar-refractivity contribution >= 4 is 22.9 Å². The average molecular weight is 461 g/mol. The highest BCUT2D eigenvalue weighted by Gasteiger charge is 2.37. The summed E-state index contributed by atoms with van der Waals surface area (Å²) in [7, 11) is 0. The molecule has 2 aromatic rings. The summed E-state index contributed by atoms with van der Waals surface area (Å²) >= 11 is 0. The van der Waals surface area contributed by atoms with Crippen molar-refractivity contribution in [3.63, 3.8) is 0 Å². The minimum atomic E-state index is -1.40. The second-order valence-electron chi connectivity index (χ2n) is 9.16. The van der Waals surface area contributed by atoms with Gasteiger partial charge in [-0.2, -0.15) is 0 Å². The van der Waals surface area contributed by atoms with E-state index in [1.54, 1.807) is 6.92 Å². The number of hydrogen-bond donors (Lipinski definition) is 5. The summed E-state index contributed by atoms with van der Waals surface area (Å²) in [6, 6.07) is 0. The number of aromatic nitrogens is 4. The van der Waals surface area contributed by atoms with Gasteiger partial charge < -0.3 is 31.1 Å². The van der Waals surface area contributed by atoms with Gasteiger partial charge in [-0.1, -0.05) is 19.8 Å². The predicted octanol–water partition coefficient (Wildman–Crippen LogP) is -0.0767. The Balaban J connectivity index is 1.84. The first-order valence-corrected chi connectivity index (χ1v) is 11.0. The second kappa shape index (κ2) is 10.0. The van der Waals surface area contributed by atoms with Gasteiger partial charge in [-0.05, 0) is 43.9 Å². The molecule has 0 saturated heterocycles. The first-order chi connectivity index (χ1) is 15.6. The molecule has 0 spiro atoms. The zero-order chi connectivity index (χ0) is 24.2. The number of imidazole rings is 1. The summed E-state index contributed by atoms with van der Waals surface area (Å²) in [5, 5.41) is 32.7. The Morgan fingerprint density at radius 2 is 2.15 bits per heavy atom. The lowest BCUT2D eigenvalue weighted by molar-refractivity contribution is -0.147. The van der Waals surface area contributed by atoms with Crippen molar-refractivity contribution in [2.45, 2.75) is 71.0 Å². The molecular weight excluding hydrogens is 428 g/mol. The number of aliphatic hydroxyl groups is 3. The van der Waals surface area contributed by atoms with Gasteiger partial charge in [0.2, 0.25) is 5.82 Å². The van der Waals surface area contributed by atoms with Crippen LogP contribution in [0, 0.1) is 17.3 Å². The van der Waals surface area contributed by atoms with E-state index in [1.807, 2.05) is 0 Å². The summed E-state index contributed by atoms with van der Waals surface area (Å²) in [4.78, 5) is 24.9. The number of anilines is 1. The fourth-order valence-corrected chi connectivity index (χ4v) is 4.12. The Morgan fingerprint density at radius 1 is 1.39 bits per heavy atom. The molecule has 11 heteroatoms. The van der Waals surface area contributed by atoms with Crippen LogP contribution in [-0.2, 0) is 16.3 Å². The molecule has 3 rings (SSSR count). The Hall–Kier alpha value is -2.78. The van der Waals surface area contributed by atoms with Gasteiger partial charge in [0.1, 0.15) is 24.0 Å². The van der Waals surface area contributed by atoms with Crippen LogP contribution < -0.4 is 11.1 Å². The lowest BCUT2D eigenvalue weighted by atomic mass is 9.70. The standard InChI is InChI=1S/C22H32N6O5/c1-4-24-20(31)17(14(30)10-29)33-13-28-12-25-16-18(23)26-15(27-19(16)28)6-9-22(32)8-5-7-21(2,3)11-22/h12,14,17,29-30,32H,4-5,7-8,10-11,13H2,1-3H3,(H,24,31)(H2,23,26,27)/t14?,17-,22+/m0/s1. The molecular formula is C22H32N6O5. The first kappa shape index (κ1) is 24.9. The van der Waals surface area contributed by atoms with E-state index in [4.69, 9.17) is 10.5 Å². The van der Waals surface area contributed by atoms with E-state index < -0.39 is 30.3 Å². The lowest BCUT2D eigenvalue weighted by Crippen LogP contribution is -2.45. The smallest absolute Gasteiger partial charge is 0.252 e. The van der Waals surface area contributed by atoms with Crippen LogP contribution in [0.5, 0.6) is 0 Å². The van der Waals surface area contributed by atoms with Gasteiger partial charge in [0.25, 0.3) is 5.91 Å². The van der Waals surface area contributed by atoms with Crippen molar-refractivity contribution in [3.05, 3.63) is 12.2 Å². The minimum Gasteiger partial charge on any atom is -0.394 e. The Morgan fingerprint density at radius 3 is 2.82 bits per heavy atom. The number of nitrogens with one attached hydrogen (secondary N) is 1. The van der Waals surface area contributed by atoms with Crippen molar-refractivity contribution < 1.29 is 24.9 Å². The maximum atomic E-state index is 12.2. The van der Waals surface area contributed by atoms with Gasteiger partial charge in [0.15, 0.2) is 17.6 Å². The van der Waals surface area contributed by atoms with E-state index in [1.165, 1.54) is 10.9 Å². The summed E-state index contributed by atoms with van der Waals surface area (Å²) in [5.41, 5.74) is 5.58. The number of nitrogens with zero attached hydrogens (tertiary/aromatic N) is 4. The molecule has 0 aromatic carbocycles. The number of hydrogen-bond acceptors (Lipinski definition) is 9. The molecule has 0 aliphatic heterocycles. The number of rotatable bonds is 7. The van der Waals surface area contributed by atoms with Gasteiger partial charge in [0, 0.05) is 6.54 Å². The average Bonchev–Trinajstić information content (AvgIpc) is 3.15. The van der Waals surface area contributed by atoms with Crippen molar-refractivity contribution in [3.8, 4) is 11.8 Å². The molecule has 1 unspecified atom stereocenters. The van der Waals surface area contributed by atoms with Crippen LogP contribution in [-0.4, -0.2) is 71.7 Å². The molecule has 6 N–H and O–H groups in total. The molecule has 1 fully saturated rings. The van der Waals surface area contributed by atoms with Gasteiger partial charge >= 0.3 is 0 Å². The highest BCUT2D eigenvalue weighted by molar-refractivity contribution is 5.82. The number of ether oxygens (including phenoxy) is 1. The molecule has 11 nitrogen and oxygen atoms in total. The summed E-state index contributed by atoms with van der Waals surface area (Å²) in [5.74, 6) is 5.48.